The minimum Gasteiger partial charge on any atom is -0.293 e. The largest absolute Gasteiger partial charge is 0.293 e. The van der Waals surface area contributed by atoms with Crippen molar-refractivity contribution >= 4 is 5.78 Å². The van der Waals surface area contributed by atoms with Crippen LogP contribution in [0.5, 0.6) is 0 Å². The number of nitrogens with zero attached hydrogens (tertiary/aromatic N) is 1. The molecule has 0 aliphatic heterocycles. The third kappa shape index (κ3) is 5.25. The summed E-state index contributed by atoms with van der Waals surface area (Å²) in [6.07, 6.45) is 3.50. The quantitative estimate of drug-likeness (QED) is 0.492. The van der Waals surface area contributed by atoms with Crippen molar-refractivity contribution in [2.24, 2.45) is 0 Å². The first-order valence-electron chi connectivity index (χ1n) is 9.31. The minimum atomic E-state index is -0.317. The Labute approximate surface area is 161 Å². The summed E-state index contributed by atoms with van der Waals surface area (Å²) in [5, 5.41) is 0. The molecule has 0 amide bonds. The smallest absolute Gasteiger partial charge is 0.176 e. The van der Waals surface area contributed by atoms with Crippen LogP contribution >= 0.6 is 0 Å². The van der Waals surface area contributed by atoms with Crippen LogP contribution in [0.1, 0.15) is 29.7 Å². The van der Waals surface area contributed by atoms with Crippen LogP contribution in [0.25, 0.3) is 0 Å². The Kier molecular flexibility index (Phi) is 6.72. The predicted molar refractivity (Wildman–Crippen MR) is 111 cm³/mol. The summed E-state index contributed by atoms with van der Waals surface area (Å²) in [6, 6.07) is 30.4. The first kappa shape index (κ1) is 18.8. The van der Waals surface area contributed by atoms with E-state index in [1.54, 1.807) is 6.08 Å². The molecule has 3 aromatic carbocycles. The molecule has 2 nitrogen and oxygen atoms in total. The van der Waals surface area contributed by atoms with Crippen molar-refractivity contribution in [1.29, 1.82) is 0 Å². The summed E-state index contributed by atoms with van der Waals surface area (Å²) in [5.74, 6) is 0.107. The molecule has 0 fully saturated rings. The van der Waals surface area contributed by atoms with Crippen LogP contribution in [0.3, 0.4) is 0 Å². The number of hydrogen-bond donors (Lipinski definition) is 0. The van der Waals surface area contributed by atoms with E-state index in [0.29, 0.717) is 13.1 Å². The molecule has 1 atom stereocenters. The number of benzene rings is 3. The second-order valence-electron chi connectivity index (χ2n) is 6.59. The molecule has 0 saturated carbocycles. The van der Waals surface area contributed by atoms with E-state index in [4.69, 9.17) is 0 Å². The molecule has 0 aliphatic rings. The standard InChI is InChI=1S/C25H25NO/c1-2-12-24(27)25(23-17-10-5-11-18-23)26(19-21-13-6-3-7-14-21)20-22-15-8-4-9-16-22/h2-18,25H,19-20H2,1H3/t25-/m0/s1. The Morgan fingerprint density at radius 1 is 0.778 bits per heavy atom. The Balaban J connectivity index is 1.99. The number of allylic oxidation sites excluding steroid dienone is 1. The van der Waals surface area contributed by atoms with E-state index >= 15 is 0 Å². The van der Waals surface area contributed by atoms with Gasteiger partial charge in [-0.3, -0.25) is 9.69 Å². The third-order valence-electron chi connectivity index (χ3n) is 4.54. The zero-order valence-electron chi connectivity index (χ0n) is 15.7. The average Bonchev–Trinajstić information content (AvgIpc) is 2.71. The van der Waals surface area contributed by atoms with E-state index in [1.807, 2.05) is 79.7 Å². The lowest BCUT2D eigenvalue weighted by Crippen LogP contribution is -2.33. The fourth-order valence-electron chi connectivity index (χ4n) is 3.32. The van der Waals surface area contributed by atoms with Gasteiger partial charge in [0.1, 0.15) is 0 Å². The van der Waals surface area contributed by atoms with Crippen LogP contribution in [0.2, 0.25) is 0 Å². The van der Waals surface area contributed by atoms with Gasteiger partial charge in [0.15, 0.2) is 5.78 Å². The summed E-state index contributed by atoms with van der Waals surface area (Å²) in [4.78, 5) is 15.3. The molecular formula is C25H25NO. The summed E-state index contributed by atoms with van der Waals surface area (Å²) in [5.41, 5.74) is 3.41. The highest BCUT2D eigenvalue weighted by atomic mass is 16.1. The lowest BCUT2D eigenvalue weighted by molar-refractivity contribution is -0.120. The lowest BCUT2D eigenvalue weighted by atomic mass is 9.98. The maximum Gasteiger partial charge on any atom is 0.176 e. The van der Waals surface area contributed by atoms with Gasteiger partial charge in [-0.15, -0.1) is 0 Å². The fraction of sp³-hybridized carbons (Fsp3) is 0.160. The van der Waals surface area contributed by atoms with Gasteiger partial charge in [-0.05, 0) is 29.7 Å². The Bertz CT molecular complexity index is 815. The van der Waals surface area contributed by atoms with Gasteiger partial charge in [-0.1, -0.05) is 97.1 Å². The Morgan fingerprint density at radius 2 is 1.22 bits per heavy atom. The summed E-state index contributed by atoms with van der Waals surface area (Å²) in [7, 11) is 0. The number of carbonyl (C=O) groups excluding carboxylic acids is 1. The monoisotopic (exact) mass is 355 g/mol. The van der Waals surface area contributed by atoms with Crippen molar-refractivity contribution < 1.29 is 4.79 Å². The second-order valence-corrected chi connectivity index (χ2v) is 6.59. The zero-order valence-corrected chi connectivity index (χ0v) is 15.7. The highest BCUT2D eigenvalue weighted by molar-refractivity contribution is 5.95. The van der Waals surface area contributed by atoms with E-state index in [1.165, 1.54) is 11.1 Å². The van der Waals surface area contributed by atoms with Crippen molar-refractivity contribution in [2.45, 2.75) is 26.1 Å². The first-order valence-corrected chi connectivity index (χ1v) is 9.31. The fourth-order valence-corrected chi connectivity index (χ4v) is 3.32. The van der Waals surface area contributed by atoms with Crippen molar-refractivity contribution in [3.8, 4) is 0 Å². The molecule has 2 heteroatoms. The SMILES string of the molecule is CC=CC(=O)[C@H](c1ccccc1)N(Cc1ccccc1)Cc1ccccc1. The molecule has 0 saturated heterocycles. The van der Waals surface area contributed by atoms with Gasteiger partial charge in [0.25, 0.3) is 0 Å². The molecule has 0 aromatic heterocycles. The molecule has 3 aromatic rings. The van der Waals surface area contributed by atoms with Crippen LogP contribution in [-0.2, 0) is 17.9 Å². The Morgan fingerprint density at radius 3 is 1.67 bits per heavy atom. The molecule has 0 aliphatic carbocycles. The number of carbonyl (C=O) groups is 1. The van der Waals surface area contributed by atoms with Gasteiger partial charge in [-0.2, -0.15) is 0 Å². The molecule has 0 radical (unpaired) electrons. The van der Waals surface area contributed by atoms with Crippen molar-refractivity contribution in [2.75, 3.05) is 0 Å². The molecule has 0 spiro atoms. The first-order chi connectivity index (χ1) is 13.3. The molecule has 0 unspecified atom stereocenters. The van der Waals surface area contributed by atoms with Gasteiger partial charge < -0.3 is 0 Å². The normalized spacial score (nSPS) is 12.4. The van der Waals surface area contributed by atoms with Gasteiger partial charge >= 0.3 is 0 Å². The van der Waals surface area contributed by atoms with Crippen LogP contribution in [0.15, 0.2) is 103 Å². The van der Waals surface area contributed by atoms with Crippen LogP contribution in [0.4, 0.5) is 0 Å². The molecule has 0 heterocycles. The molecule has 3 rings (SSSR count). The van der Waals surface area contributed by atoms with E-state index in [-0.39, 0.29) is 11.8 Å². The molecule has 0 N–H and O–H groups in total. The van der Waals surface area contributed by atoms with Gasteiger partial charge in [0.05, 0.1) is 6.04 Å². The van der Waals surface area contributed by atoms with Crippen LogP contribution in [0, 0.1) is 0 Å². The van der Waals surface area contributed by atoms with Gasteiger partial charge in [-0.25, -0.2) is 0 Å². The number of ketones is 1. The van der Waals surface area contributed by atoms with Gasteiger partial charge in [0, 0.05) is 13.1 Å². The zero-order chi connectivity index (χ0) is 18.9. The van der Waals surface area contributed by atoms with E-state index in [9.17, 15) is 4.79 Å². The van der Waals surface area contributed by atoms with Crippen molar-refractivity contribution in [1.82, 2.24) is 4.90 Å². The summed E-state index contributed by atoms with van der Waals surface area (Å²) in [6.45, 7) is 3.30. The predicted octanol–water partition coefficient (Wildman–Crippen LogP) is 5.58. The van der Waals surface area contributed by atoms with E-state index in [0.717, 1.165) is 5.56 Å². The van der Waals surface area contributed by atoms with E-state index in [2.05, 4.69) is 29.2 Å². The number of rotatable bonds is 8. The molecular weight excluding hydrogens is 330 g/mol. The van der Waals surface area contributed by atoms with Crippen LogP contribution < -0.4 is 0 Å². The van der Waals surface area contributed by atoms with Crippen molar-refractivity contribution in [3.63, 3.8) is 0 Å². The van der Waals surface area contributed by atoms with Crippen LogP contribution in [-0.4, -0.2) is 10.7 Å². The molecule has 0 bridgehead atoms. The molecule has 136 valence electrons. The Hall–Kier alpha value is -2.97. The summed E-state index contributed by atoms with van der Waals surface area (Å²) < 4.78 is 0. The highest BCUT2D eigenvalue weighted by Gasteiger charge is 2.26. The average molecular weight is 355 g/mol. The highest BCUT2D eigenvalue weighted by Crippen LogP contribution is 2.26. The van der Waals surface area contributed by atoms with Gasteiger partial charge in [0.2, 0.25) is 0 Å². The van der Waals surface area contributed by atoms with Crippen molar-refractivity contribution in [3.05, 3.63) is 120 Å². The maximum atomic E-state index is 13.0. The number of hydrogen-bond acceptors (Lipinski definition) is 2. The minimum absolute atomic E-state index is 0.107. The topological polar surface area (TPSA) is 20.3 Å². The second kappa shape index (κ2) is 9.65. The van der Waals surface area contributed by atoms with E-state index < -0.39 is 0 Å². The third-order valence-corrected chi connectivity index (χ3v) is 4.54. The lowest BCUT2D eigenvalue weighted by Gasteiger charge is -2.31. The maximum absolute atomic E-state index is 13.0. The molecule has 27 heavy (non-hydrogen) atoms. The summed E-state index contributed by atoms with van der Waals surface area (Å²) >= 11 is 0.